The molecule has 0 saturated heterocycles. The molecule has 0 saturated carbocycles. The zero-order chi connectivity index (χ0) is 79.1. The van der Waals surface area contributed by atoms with Gasteiger partial charge in [0.15, 0.2) is 0 Å². The molecule has 0 aliphatic rings. The van der Waals surface area contributed by atoms with E-state index in [1.807, 2.05) is 18.2 Å². The fourth-order valence-electron chi connectivity index (χ4n) is 9.19. The first kappa shape index (κ1) is 85.5. The number of nitrogen functional groups attached to an aromatic ring is 3. The van der Waals surface area contributed by atoms with Gasteiger partial charge in [-0.1, -0.05) is 147 Å². The number of halogens is 9. The summed E-state index contributed by atoms with van der Waals surface area (Å²) in [5.74, 6) is 0.593. The summed E-state index contributed by atoms with van der Waals surface area (Å²) in [6.45, 7) is 37.2. The Morgan fingerprint density at radius 1 is 0.389 bits per heavy atom. The van der Waals surface area contributed by atoms with Gasteiger partial charge in [-0.25, -0.2) is 38.3 Å². The summed E-state index contributed by atoms with van der Waals surface area (Å²) in [5, 5.41) is 97.2. The van der Waals surface area contributed by atoms with Crippen LogP contribution in [0.2, 0.25) is 45.2 Å². The van der Waals surface area contributed by atoms with Gasteiger partial charge in [0.25, 0.3) is 0 Å². The molecule has 5 aromatic carbocycles. The number of rotatable bonds is 20. The zero-order valence-corrected chi connectivity index (χ0v) is 62.7. The second kappa shape index (κ2) is 42.7. The van der Waals surface area contributed by atoms with Crippen LogP contribution in [0.3, 0.4) is 0 Å². The third-order valence-corrected chi connectivity index (χ3v) is 17.3. The van der Waals surface area contributed by atoms with Gasteiger partial charge < -0.3 is 42.7 Å². The number of aliphatic hydroxyl groups is 5. The van der Waals surface area contributed by atoms with E-state index in [9.17, 15) is 15.8 Å². The van der Waals surface area contributed by atoms with Crippen LogP contribution in [-0.4, -0.2) is 107 Å². The highest BCUT2D eigenvalue weighted by Gasteiger charge is 2.23. The van der Waals surface area contributed by atoms with Crippen LogP contribution in [0, 0.1) is 66.9 Å². The summed E-state index contributed by atoms with van der Waals surface area (Å²) in [4.78, 5) is 17.2. The van der Waals surface area contributed by atoms with E-state index in [0.717, 1.165) is 0 Å². The Labute approximate surface area is 664 Å². The number of hydrogen-bond donors (Lipinski definition) is 8. The Balaban J connectivity index is 0.000000211. The summed E-state index contributed by atoms with van der Waals surface area (Å²) < 4.78 is 7.01. The number of hydrogen-bond acceptors (Lipinski definition) is 16. The number of nitrogens with two attached hydrogens (primary N) is 3. The zero-order valence-electron chi connectivity index (χ0n) is 55.9. The van der Waals surface area contributed by atoms with Gasteiger partial charge in [-0.3, -0.25) is 9.36 Å². The van der Waals surface area contributed by atoms with E-state index in [0.29, 0.717) is 102 Å². The van der Waals surface area contributed by atoms with E-state index in [1.165, 1.54) is 37.1 Å². The highest BCUT2D eigenvalue weighted by Crippen LogP contribution is 2.36. The van der Waals surface area contributed by atoms with Crippen molar-refractivity contribution in [3.8, 4) is 18.2 Å². The molecule has 0 spiro atoms. The highest BCUT2D eigenvalue weighted by molar-refractivity contribution is 6.39. The van der Waals surface area contributed by atoms with E-state index in [2.05, 4.69) is 49.7 Å². The van der Waals surface area contributed by atoms with Crippen LogP contribution in [0.1, 0.15) is 73.0 Å². The van der Waals surface area contributed by atoms with Crippen LogP contribution in [-0.2, 0) is 32.7 Å². The minimum Gasteiger partial charge on any atom is -0.394 e. The number of benzene rings is 5. The quantitative estimate of drug-likeness (QED) is 0.0329. The van der Waals surface area contributed by atoms with Crippen molar-refractivity contribution in [1.29, 1.82) is 15.8 Å². The predicted octanol–water partition coefficient (Wildman–Crippen LogP) is 15.7. The first-order valence-electron chi connectivity index (χ1n) is 30.9. The van der Waals surface area contributed by atoms with Crippen LogP contribution >= 0.6 is 104 Å². The molecule has 10 aromatic rings. The molecule has 26 nitrogen and oxygen atoms in total. The van der Waals surface area contributed by atoms with Gasteiger partial charge >= 0.3 is 0 Å². The van der Waals surface area contributed by atoms with Crippen LogP contribution in [0.4, 0.5) is 17.5 Å². The average molecular weight is 1630 g/mol. The van der Waals surface area contributed by atoms with Gasteiger partial charge in [0.2, 0.25) is 28.5 Å². The van der Waals surface area contributed by atoms with Crippen molar-refractivity contribution in [3.05, 3.63) is 297 Å². The van der Waals surface area contributed by atoms with E-state index in [4.69, 9.17) is 180 Å². The van der Waals surface area contributed by atoms with Crippen LogP contribution in [0.5, 0.6) is 0 Å². The minimum atomic E-state index is -0.191. The van der Waals surface area contributed by atoms with Crippen molar-refractivity contribution in [1.82, 2.24) is 48.9 Å². The van der Waals surface area contributed by atoms with Crippen LogP contribution in [0.25, 0.3) is 83.1 Å². The molecule has 108 heavy (non-hydrogen) atoms. The van der Waals surface area contributed by atoms with Crippen molar-refractivity contribution in [2.75, 3.05) is 50.2 Å². The van der Waals surface area contributed by atoms with Gasteiger partial charge in [-0.05, 0) is 103 Å². The second-order valence-corrected chi connectivity index (χ2v) is 24.8. The first-order chi connectivity index (χ1) is 52.0. The Morgan fingerprint density at radius 2 is 0.741 bits per heavy atom. The molecule has 0 radical (unpaired) electrons. The molecule has 0 atom stereocenters. The molecular weight excluding hydrogens is 1570 g/mol. The lowest BCUT2D eigenvalue weighted by Crippen LogP contribution is -2.07. The van der Waals surface area contributed by atoms with Gasteiger partial charge in [0, 0.05) is 79.9 Å². The number of nitrogens with zero attached hydrogens (tertiary/aromatic N) is 18. The molecule has 0 aliphatic heterocycles. The number of aromatic nitrogens is 10. The second-order valence-electron chi connectivity index (χ2n) is 21.2. The van der Waals surface area contributed by atoms with Crippen LogP contribution in [0.15, 0.2) is 122 Å². The SMILES string of the molecule is [C-]#[N+]C(=Cc1c(Cl)cccc1Cl)c1cc(N)n(CCO)n1.[C-]#[N+]C(=Cc1c(Cl)cccc1Cl)c1ccn(CCO)n1.[C-]#[N+]C(=Cc1c(Cl)cccc1Cl)c1nn(CCO)c(N)c1C#N.[C-]#[N+]C(=Cc1c(Cl)cccc1Cl)c1nn(CCO)cc1C#N.[C-]#[N+]C(=Cc1ccccc1Cl)c1nn(CCO)c(N)c1C#N. The van der Waals surface area contributed by atoms with Gasteiger partial charge in [-0.2, -0.15) is 41.3 Å². The van der Waals surface area contributed by atoms with Crippen LogP contribution < -0.4 is 17.2 Å². The Kier molecular flexibility index (Phi) is 33.8. The molecule has 5 aromatic heterocycles. The molecule has 10 rings (SSSR count). The van der Waals surface area contributed by atoms with Gasteiger partial charge in [0.05, 0.1) is 116 Å². The maximum absolute atomic E-state index is 9.27. The van der Waals surface area contributed by atoms with Gasteiger partial charge in [0.1, 0.15) is 63.9 Å². The first-order valence-corrected chi connectivity index (χ1v) is 34.3. The minimum absolute atomic E-state index is 0.00543. The van der Waals surface area contributed by atoms with Crippen molar-refractivity contribution >= 4 is 181 Å². The Hall–Kier alpha value is -11.4. The monoisotopic (exact) mass is 1620 g/mol. The highest BCUT2D eigenvalue weighted by atomic mass is 35.5. The maximum atomic E-state index is 9.27. The van der Waals surface area contributed by atoms with Crippen molar-refractivity contribution in [2.24, 2.45) is 0 Å². The molecule has 0 aliphatic carbocycles. The van der Waals surface area contributed by atoms with E-state index in [-0.39, 0.29) is 127 Å². The molecule has 0 bridgehead atoms. The normalized spacial score (nSPS) is 11.2. The number of nitriles is 3. The maximum Gasteiger partial charge on any atom is 0.216 e. The lowest BCUT2D eigenvalue weighted by Gasteiger charge is -2.02. The standard InChI is InChI=1S/C15H11Cl2N5O.C15H10Cl2N4O.C15H12ClN5O.C14H12Cl2N4O.C14H11Cl2N3O/c1-20-13(7-9-11(16)3-2-4-12(9)17)14-10(8-18)15(19)22(21-14)5-6-23;1-19-14(7-11-12(16)3-2-4-13(11)17)15-10(8-18)9-21(20-15)5-6-22;1-19-13(8-10-4-2-3-5-12(10)16)14-11(9-17)15(18)21(20-14)6-7-22;1-18-12(7-9-10(15)3-2-4-11(9)16)13-8-14(17)20(19-13)5-6-21;1-17-14(13-5-6-19(18-13)7-8-20)9-10-11(15)3-2-4-12(10)16/h2-4,7,23H,5-6,19H2;2-4,7,9,22H,5-6H2;2-5,8,22H,6-7,18H2;2-4,7-8,21H,5-6,17H2;2-6,9,20H,7-8H2. The van der Waals surface area contributed by atoms with E-state index >= 15 is 0 Å². The number of anilines is 3. The number of aliphatic hydroxyl groups excluding tert-OH is 5. The molecule has 546 valence electrons. The predicted molar refractivity (Wildman–Crippen MR) is 424 cm³/mol. The summed E-state index contributed by atoms with van der Waals surface area (Å²) in [6.07, 6.45) is 10.9. The fraction of sp³-hybridized carbons (Fsp3) is 0.137. The van der Waals surface area contributed by atoms with Gasteiger partial charge in [-0.15, -0.1) is 0 Å². The third-order valence-electron chi connectivity index (χ3n) is 14.3. The summed E-state index contributed by atoms with van der Waals surface area (Å²) >= 11 is 54.8. The Morgan fingerprint density at radius 3 is 1.12 bits per heavy atom. The van der Waals surface area contributed by atoms with E-state index < -0.39 is 0 Å². The van der Waals surface area contributed by atoms with Crippen molar-refractivity contribution in [3.63, 3.8) is 0 Å². The fourth-order valence-corrected chi connectivity index (χ4v) is 11.4. The molecule has 5 heterocycles. The average Bonchev–Trinajstić information content (AvgIpc) is 1.66. The molecule has 0 amide bonds. The molecule has 0 unspecified atom stereocenters. The Bertz CT molecular complexity index is 5360. The molecule has 11 N–H and O–H groups in total. The van der Waals surface area contributed by atoms with E-state index in [1.54, 1.807) is 138 Å². The lowest BCUT2D eigenvalue weighted by atomic mass is 10.1. The molecular formula is C73H56Cl9N21O5. The lowest BCUT2D eigenvalue weighted by molar-refractivity contribution is 0.269. The summed E-state index contributed by atoms with van der Waals surface area (Å²) in [7, 11) is 0. The summed E-state index contributed by atoms with van der Waals surface area (Å²) in [5.41, 5.74) is 23.1. The van der Waals surface area contributed by atoms with Crippen molar-refractivity contribution in [2.45, 2.75) is 32.7 Å². The summed E-state index contributed by atoms with van der Waals surface area (Å²) in [6, 6.07) is 36.5. The molecule has 35 heteroatoms. The molecule has 0 fully saturated rings. The smallest absolute Gasteiger partial charge is 0.216 e. The third kappa shape index (κ3) is 22.6. The largest absolute Gasteiger partial charge is 0.394 e. The topological polar surface area (TPSA) is 361 Å². The van der Waals surface area contributed by atoms with Crippen molar-refractivity contribution < 1.29 is 25.5 Å².